The van der Waals surface area contributed by atoms with E-state index in [4.69, 9.17) is 20.8 Å². The molecule has 2 saturated heterocycles. The second kappa shape index (κ2) is 9.69. The molecule has 2 aliphatic heterocycles. The van der Waals surface area contributed by atoms with Crippen LogP contribution in [-0.4, -0.2) is 78.0 Å². The number of carbonyl (C=O) groups excluding carboxylic acids is 2. The molecule has 2 fully saturated rings. The minimum Gasteiger partial charge on any atom is -0.449 e. The summed E-state index contributed by atoms with van der Waals surface area (Å²) in [6, 6.07) is 8.36. The summed E-state index contributed by atoms with van der Waals surface area (Å²) in [5.41, 5.74) is 2.02. The van der Waals surface area contributed by atoms with Gasteiger partial charge in [-0.2, -0.15) is 0 Å². The van der Waals surface area contributed by atoms with Gasteiger partial charge in [-0.25, -0.2) is 4.98 Å². The summed E-state index contributed by atoms with van der Waals surface area (Å²) in [6.45, 7) is 3.63. The van der Waals surface area contributed by atoms with E-state index in [1.165, 1.54) is 0 Å². The fourth-order valence-electron chi connectivity index (χ4n) is 5.01. The molecule has 3 atom stereocenters. The molecule has 34 heavy (non-hydrogen) atoms. The van der Waals surface area contributed by atoms with Crippen molar-refractivity contribution in [3.63, 3.8) is 0 Å². The quantitative estimate of drug-likeness (QED) is 0.406. The molecule has 3 aromatic heterocycles. The number of fused-ring (bicyclic) bond motifs is 2. The average Bonchev–Trinajstić information content (AvgIpc) is 3.53. The molecule has 9 nitrogen and oxygen atoms in total. The highest BCUT2D eigenvalue weighted by Gasteiger charge is 2.45. The predicted molar refractivity (Wildman–Crippen MR) is 125 cm³/mol. The Morgan fingerprint density at radius 2 is 1.91 bits per heavy atom. The van der Waals surface area contributed by atoms with Crippen molar-refractivity contribution in [2.45, 2.75) is 6.04 Å². The number of amides is 2. The van der Waals surface area contributed by atoms with Gasteiger partial charge in [0.05, 0.1) is 6.61 Å². The highest BCUT2D eigenvalue weighted by atomic mass is 35.5. The summed E-state index contributed by atoms with van der Waals surface area (Å²) in [4.78, 5) is 38.5. The van der Waals surface area contributed by atoms with Crippen molar-refractivity contribution in [3.8, 4) is 0 Å². The molecule has 10 heteroatoms. The number of pyridine rings is 2. The molecule has 2 aliphatic rings. The van der Waals surface area contributed by atoms with Gasteiger partial charge in [-0.05, 0) is 41.7 Å². The Balaban J connectivity index is 1.27. The van der Waals surface area contributed by atoms with E-state index in [0.29, 0.717) is 42.5 Å². The lowest BCUT2D eigenvalue weighted by Crippen LogP contribution is -2.42. The number of halogens is 1. The number of nitrogens with zero attached hydrogens (tertiary/aromatic N) is 4. The normalized spacial score (nSPS) is 21.1. The van der Waals surface area contributed by atoms with E-state index in [1.807, 2.05) is 17.0 Å². The first-order valence-corrected chi connectivity index (χ1v) is 11.7. The fraction of sp³-hybridized carbons (Fsp3) is 0.417. The van der Waals surface area contributed by atoms with Crippen LogP contribution in [-0.2, 0) is 9.53 Å². The smallest absolute Gasteiger partial charge is 0.289 e. The van der Waals surface area contributed by atoms with E-state index >= 15 is 0 Å². The van der Waals surface area contributed by atoms with Gasteiger partial charge < -0.3 is 19.4 Å². The molecule has 0 saturated carbocycles. The number of likely N-dealkylation sites (tertiary alicyclic amines) is 2. The van der Waals surface area contributed by atoms with Crippen LogP contribution in [0.5, 0.6) is 0 Å². The van der Waals surface area contributed by atoms with Crippen molar-refractivity contribution in [3.05, 3.63) is 59.2 Å². The highest BCUT2D eigenvalue weighted by Crippen LogP contribution is 2.37. The van der Waals surface area contributed by atoms with Gasteiger partial charge in [0, 0.05) is 58.3 Å². The fourth-order valence-corrected chi connectivity index (χ4v) is 5.17. The number of furan rings is 1. The van der Waals surface area contributed by atoms with Crippen molar-refractivity contribution in [1.29, 1.82) is 0 Å². The van der Waals surface area contributed by atoms with Crippen molar-refractivity contribution >= 4 is 34.5 Å². The van der Waals surface area contributed by atoms with E-state index in [-0.39, 0.29) is 29.4 Å². The number of hydrogen-bond donors (Lipinski definition) is 1. The third-order valence-electron chi connectivity index (χ3n) is 6.59. The summed E-state index contributed by atoms with van der Waals surface area (Å²) < 4.78 is 10.8. The van der Waals surface area contributed by atoms with Gasteiger partial charge >= 0.3 is 0 Å². The second-order valence-corrected chi connectivity index (χ2v) is 9.17. The van der Waals surface area contributed by atoms with Gasteiger partial charge in [-0.15, -0.1) is 0 Å². The summed E-state index contributed by atoms with van der Waals surface area (Å²) in [7, 11) is 1.61. The molecule has 0 spiro atoms. The monoisotopic (exact) mass is 483 g/mol. The molecule has 0 radical (unpaired) electrons. The summed E-state index contributed by atoms with van der Waals surface area (Å²) in [6.07, 6.45) is 3.41. The van der Waals surface area contributed by atoms with Gasteiger partial charge in [-0.3, -0.25) is 19.5 Å². The average molecular weight is 484 g/mol. The van der Waals surface area contributed by atoms with Crippen molar-refractivity contribution in [2.75, 3.05) is 46.4 Å². The van der Waals surface area contributed by atoms with E-state index in [9.17, 15) is 9.59 Å². The summed E-state index contributed by atoms with van der Waals surface area (Å²) in [5, 5.41) is 3.33. The molecule has 0 aliphatic carbocycles. The minimum absolute atomic E-state index is 0.0513. The van der Waals surface area contributed by atoms with E-state index in [1.54, 1.807) is 37.7 Å². The van der Waals surface area contributed by atoms with Gasteiger partial charge in [0.1, 0.15) is 16.7 Å². The van der Waals surface area contributed by atoms with E-state index in [0.717, 1.165) is 18.7 Å². The molecule has 3 unspecified atom stereocenters. The highest BCUT2D eigenvalue weighted by molar-refractivity contribution is 6.29. The predicted octanol–water partition coefficient (Wildman–Crippen LogP) is 2.38. The van der Waals surface area contributed by atoms with Crippen LogP contribution in [0.25, 0.3) is 11.1 Å². The molecule has 5 heterocycles. The SMILES string of the molecule is COCCNC(=O)C(c1ccncc1)N1CC2CN(C(=O)c3cc4nc(Cl)ccc4o3)CC2C1. The lowest BCUT2D eigenvalue weighted by atomic mass is 10.0. The molecule has 0 aromatic carbocycles. The largest absolute Gasteiger partial charge is 0.449 e. The minimum atomic E-state index is -0.402. The van der Waals surface area contributed by atoms with Crippen LogP contribution < -0.4 is 5.32 Å². The van der Waals surface area contributed by atoms with Crippen LogP contribution in [0.3, 0.4) is 0 Å². The molecule has 3 aromatic rings. The van der Waals surface area contributed by atoms with E-state index < -0.39 is 6.04 Å². The van der Waals surface area contributed by atoms with Crippen LogP contribution >= 0.6 is 11.6 Å². The van der Waals surface area contributed by atoms with Gasteiger partial charge in [0.25, 0.3) is 5.91 Å². The number of nitrogens with one attached hydrogen (secondary N) is 1. The number of hydrogen-bond acceptors (Lipinski definition) is 7. The van der Waals surface area contributed by atoms with Gasteiger partial charge in [-0.1, -0.05) is 11.6 Å². The van der Waals surface area contributed by atoms with Crippen LogP contribution in [0.1, 0.15) is 22.2 Å². The number of methoxy groups -OCH3 is 1. The molecular weight excluding hydrogens is 458 g/mol. The summed E-state index contributed by atoms with van der Waals surface area (Å²) in [5.74, 6) is 0.658. The topological polar surface area (TPSA) is 101 Å². The lowest BCUT2D eigenvalue weighted by molar-refractivity contribution is -0.126. The maximum Gasteiger partial charge on any atom is 0.289 e. The number of aromatic nitrogens is 2. The van der Waals surface area contributed by atoms with Gasteiger partial charge in [0.15, 0.2) is 11.3 Å². The Morgan fingerprint density at radius 3 is 2.62 bits per heavy atom. The zero-order valence-electron chi connectivity index (χ0n) is 18.8. The maximum absolute atomic E-state index is 13.1. The Kier molecular flexibility index (Phi) is 6.49. The molecule has 1 N–H and O–H groups in total. The second-order valence-electron chi connectivity index (χ2n) is 8.78. The molecular formula is C24H26ClN5O4. The first-order valence-electron chi connectivity index (χ1n) is 11.3. The maximum atomic E-state index is 13.1. The standard InChI is InChI=1S/C24H26ClN5O4/c1-33-9-8-27-23(31)22(15-4-6-26-7-5-15)29-11-16-13-30(14-17(16)12-29)24(32)20-10-18-19(34-20)2-3-21(25)28-18/h2-7,10,16-17,22H,8-9,11-14H2,1H3,(H,27,31). The first kappa shape index (κ1) is 22.8. The van der Waals surface area contributed by atoms with Crippen LogP contribution in [0, 0.1) is 11.8 Å². The number of carbonyl (C=O) groups is 2. The number of rotatable bonds is 7. The number of ether oxygens (including phenoxy) is 1. The zero-order valence-corrected chi connectivity index (χ0v) is 19.6. The van der Waals surface area contributed by atoms with Crippen molar-refractivity contribution < 1.29 is 18.7 Å². The van der Waals surface area contributed by atoms with E-state index in [2.05, 4.69) is 20.2 Å². The third-order valence-corrected chi connectivity index (χ3v) is 6.80. The Bertz CT molecular complexity index is 1170. The third kappa shape index (κ3) is 4.51. The summed E-state index contributed by atoms with van der Waals surface area (Å²) >= 11 is 5.95. The first-order chi connectivity index (χ1) is 16.5. The molecule has 178 valence electrons. The van der Waals surface area contributed by atoms with Crippen molar-refractivity contribution in [1.82, 2.24) is 25.1 Å². The van der Waals surface area contributed by atoms with Gasteiger partial charge in [0.2, 0.25) is 5.91 Å². The Hall–Kier alpha value is -3.01. The van der Waals surface area contributed by atoms with Crippen LogP contribution in [0.4, 0.5) is 0 Å². The van der Waals surface area contributed by atoms with Crippen LogP contribution in [0.15, 0.2) is 47.1 Å². The molecule has 5 rings (SSSR count). The molecule has 2 amide bonds. The Morgan fingerprint density at radius 1 is 1.18 bits per heavy atom. The lowest BCUT2D eigenvalue weighted by Gasteiger charge is -2.29. The van der Waals surface area contributed by atoms with Crippen molar-refractivity contribution in [2.24, 2.45) is 11.8 Å². The van der Waals surface area contributed by atoms with Crippen LogP contribution in [0.2, 0.25) is 5.15 Å². The zero-order chi connectivity index (χ0) is 23.7. The Labute approximate surface area is 202 Å². The molecule has 0 bridgehead atoms.